The van der Waals surface area contributed by atoms with E-state index in [0.29, 0.717) is 16.3 Å². The third kappa shape index (κ3) is 3.04. The van der Waals surface area contributed by atoms with Gasteiger partial charge in [-0.15, -0.1) is 0 Å². The largest absolute Gasteiger partial charge is 0.347 e. The molecule has 1 aliphatic carbocycles. The molecule has 1 aromatic heterocycles. The van der Waals surface area contributed by atoms with E-state index in [1.807, 2.05) is 30.0 Å². The van der Waals surface area contributed by atoms with Gasteiger partial charge in [0.2, 0.25) is 0 Å². The number of thioether (sulfide) groups is 1. The molecular formula is C17H20N2O2S. The van der Waals surface area contributed by atoms with E-state index in [-0.39, 0.29) is 17.5 Å². The van der Waals surface area contributed by atoms with Crippen LogP contribution in [0.2, 0.25) is 0 Å². The Balaban J connectivity index is 1.84. The molecule has 1 heterocycles. The number of hydrogen-bond acceptors (Lipinski definition) is 3. The number of H-pyrrole nitrogens is 1. The molecule has 1 aromatic carbocycles. The molecule has 2 aromatic rings. The maximum absolute atomic E-state index is 12.5. The summed E-state index contributed by atoms with van der Waals surface area (Å²) in [6.45, 7) is 0. The van der Waals surface area contributed by atoms with Crippen molar-refractivity contribution in [3.8, 4) is 0 Å². The summed E-state index contributed by atoms with van der Waals surface area (Å²) in [6, 6.07) is 9.25. The SMILES string of the molecule is CSC1CCCCC1NC(=O)c1cc2ccccc2c(=O)[nH]1. The van der Waals surface area contributed by atoms with Crippen molar-refractivity contribution in [2.45, 2.75) is 37.0 Å². The quantitative estimate of drug-likeness (QED) is 0.915. The Bertz CT molecular complexity index is 741. The predicted octanol–water partition coefficient (Wildman–Crippen LogP) is 2.93. The summed E-state index contributed by atoms with van der Waals surface area (Å²) in [5, 5.41) is 4.96. The molecule has 5 heteroatoms. The van der Waals surface area contributed by atoms with E-state index in [1.165, 1.54) is 6.42 Å². The van der Waals surface area contributed by atoms with Gasteiger partial charge in [0.05, 0.1) is 0 Å². The Hall–Kier alpha value is -1.75. The number of rotatable bonds is 3. The first-order valence-corrected chi connectivity index (χ1v) is 8.93. The van der Waals surface area contributed by atoms with E-state index in [4.69, 9.17) is 0 Å². The second-order valence-electron chi connectivity index (χ2n) is 5.74. The van der Waals surface area contributed by atoms with Gasteiger partial charge in [0.1, 0.15) is 5.69 Å². The fourth-order valence-electron chi connectivity index (χ4n) is 3.12. The van der Waals surface area contributed by atoms with Crippen molar-refractivity contribution in [2.75, 3.05) is 6.26 Å². The third-order valence-electron chi connectivity index (χ3n) is 4.32. The zero-order valence-electron chi connectivity index (χ0n) is 12.6. The highest BCUT2D eigenvalue weighted by Gasteiger charge is 2.26. The summed E-state index contributed by atoms with van der Waals surface area (Å²) in [5.41, 5.74) is 0.127. The van der Waals surface area contributed by atoms with Crippen molar-refractivity contribution in [3.05, 3.63) is 46.4 Å². The van der Waals surface area contributed by atoms with E-state index < -0.39 is 0 Å². The molecule has 2 atom stereocenters. The summed E-state index contributed by atoms with van der Waals surface area (Å²) in [6.07, 6.45) is 6.61. The van der Waals surface area contributed by atoms with Crippen molar-refractivity contribution >= 4 is 28.4 Å². The van der Waals surface area contributed by atoms with Crippen molar-refractivity contribution in [1.82, 2.24) is 10.3 Å². The molecule has 0 saturated heterocycles. The molecule has 2 unspecified atom stereocenters. The van der Waals surface area contributed by atoms with Crippen molar-refractivity contribution in [3.63, 3.8) is 0 Å². The summed E-state index contributed by atoms with van der Waals surface area (Å²) in [5.74, 6) is -0.186. The lowest BCUT2D eigenvalue weighted by Crippen LogP contribution is -2.44. The molecule has 22 heavy (non-hydrogen) atoms. The topological polar surface area (TPSA) is 62.0 Å². The summed E-state index contributed by atoms with van der Waals surface area (Å²) < 4.78 is 0. The zero-order valence-corrected chi connectivity index (χ0v) is 13.4. The highest BCUT2D eigenvalue weighted by Crippen LogP contribution is 2.27. The molecule has 1 saturated carbocycles. The zero-order chi connectivity index (χ0) is 15.5. The standard InChI is InChI=1S/C17H20N2O2S/c1-22-15-9-5-4-8-13(15)18-17(21)14-10-11-6-2-3-7-12(11)16(20)19-14/h2-3,6-7,10,13,15H,4-5,8-9H2,1H3,(H,18,21)(H,19,20). The van der Waals surface area contributed by atoms with Crippen molar-refractivity contribution < 1.29 is 4.79 Å². The van der Waals surface area contributed by atoms with Crippen LogP contribution in [-0.2, 0) is 0 Å². The maximum Gasteiger partial charge on any atom is 0.268 e. The molecule has 4 nitrogen and oxygen atoms in total. The molecule has 116 valence electrons. The van der Waals surface area contributed by atoms with Crippen LogP contribution in [0.4, 0.5) is 0 Å². The summed E-state index contributed by atoms with van der Waals surface area (Å²) >= 11 is 1.81. The number of benzene rings is 1. The molecule has 0 spiro atoms. The molecule has 0 aliphatic heterocycles. The van der Waals surface area contributed by atoms with Crippen LogP contribution in [0.25, 0.3) is 10.8 Å². The number of pyridine rings is 1. The molecule has 1 fully saturated rings. The smallest absolute Gasteiger partial charge is 0.268 e. The number of aromatic nitrogens is 1. The van der Waals surface area contributed by atoms with Crippen LogP contribution >= 0.6 is 11.8 Å². The fourth-order valence-corrected chi connectivity index (χ4v) is 4.06. The van der Waals surface area contributed by atoms with Gasteiger partial charge >= 0.3 is 0 Å². The molecule has 0 radical (unpaired) electrons. The maximum atomic E-state index is 12.5. The van der Waals surface area contributed by atoms with Crippen LogP contribution in [-0.4, -0.2) is 28.4 Å². The Kier molecular flexibility index (Phi) is 4.52. The van der Waals surface area contributed by atoms with Gasteiger partial charge in [-0.05, 0) is 36.6 Å². The average molecular weight is 316 g/mol. The van der Waals surface area contributed by atoms with E-state index in [9.17, 15) is 9.59 Å². The molecule has 1 amide bonds. The highest BCUT2D eigenvalue weighted by molar-refractivity contribution is 7.99. The number of aromatic amines is 1. The Labute approximate surface area is 133 Å². The van der Waals surface area contributed by atoms with Gasteiger partial charge in [0.25, 0.3) is 11.5 Å². The van der Waals surface area contributed by atoms with Crippen LogP contribution in [0, 0.1) is 0 Å². The summed E-state index contributed by atoms with van der Waals surface area (Å²) in [7, 11) is 0. The fraction of sp³-hybridized carbons (Fsp3) is 0.412. The first kappa shape index (κ1) is 15.2. The second kappa shape index (κ2) is 6.57. The predicted molar refractivity (Wildman–Crippen MR) is 91.6 cm³/mol. The summed E-state index contributed by atoms with van der Waals surface area (Å²) in [4.78, 5) is 27.3. The van der Waals surface area contributed by atoms with E-state index in [1.54, 1.807) is 12.1 Å². The Morgan fingerprint density at radius 3 is 2.86 bits per heavy atom. The van der Waals surface area contributed by atoms with E-state index >= 15 is 0 Å². The normalized spacial score (nSPS) is 21.7. The number of carbonyl (C=O) groups excluding carboxylic acids is 1. The van der Waals surface area contributed by atoms with Crippen molar-refractivity contribution in [2.24, 2.45) is 0 Å². The van der Waals surface area contributed by atoms with Gasteiger partial charge in [-0.2, -0.15) is 11.8 Å². The van der Waals surface area contributed by atoms with Crippen LogP contribution in [0.3, 0.4) is 0 Å². The van der Waals surface area contributed by atoms with E-state index in [2.05, 4.69) is 16.6 Å². The first-order chi connectivity index (χ1) is 10.7. The van der Waals surface area contributed by atoms with Crippen LogP contribution < -0.4 is 10.9 Å². The Morgan fingerprint density at radius 1 is 1.27 bits per heavy atom. The molecule has 0 bridgehead atoms. The van der Waals surface area contributed by atoms with Gasteiger partial charge in [-0.3, -0.25) is 9.59 Å². The van der Waals surface area contributed by atoms with Crippen LogP contribution in [0.5, 0.6) is 0 Å². The van der Waals surface area contributed by atoms with Crippen molar-refractivity contribution in [1.29, 1.82) is 0 Å². The molecular weight excluding hydrogens is 296 g/mol. The minimum atomic E-state index is -0.215. The molecule has 1 aliphatic rings. The van der Waals surface area contributed by atoms with Gasteiger partial charge in [0, 0.05) is 16.7 Å². The lowest BCUT2D eigenvalue weighted by atomic mass is 9.94. The molecule has 2 N–H and O–H groups in total. The first-order valence-electron chi connectivity index (χ1n) is 7.65. The highest BCUT2D eigenvalue weighted by atomic mass is 32.2. The average Bonchev–Trinajstić information content (AvgIpc) is 2.55. The number of amides is 1. The molecule has 3 rings (SSSR count). The number of nitrogens with one attached hydrogen (secondary N) is 2. The van der Waals surface area contributed by atoms with E-state index in [0.717, 1.165) is 24.6 Å². The lowest BCUT2D eigenvalue weighted by molar-refractivity contribution is 0.0924. The number of fused-ring (bicyclic) bond motifs is 1. The minimum absolute atomic E-state index is 0.186. The minimum Gasteiger partial charge on any atom is -0.347 e. The second-order valence-corrected chi connectivity index (χ2v) is 6.81. The number of carbonyl (C=O) groups is 1. The number of hydrogen-bond donors (Lipinski definition) is 2. The lowest BCUT2D eigenvalue weighted by Gasteiger charge is -2.30. The van der Waals surface area contributed by atoms with Crippen LogP contribution in [0.1, 0.15) is 36.2 Å². The van der Waals surface area contributed by atoms with Crippen LogP contribution in [0.15, 0.2) is 35.1 Å². The van der Waals surface area contributed by atoms with Gasteiger partial charge in [0.15, 0.2) is 0 Å². The van der Waals surface area contributed by atoms with Gasteiger partial charge in [-0.25, -0.2) is 0 Å². The van der Waals surface area contributed by atoms with Gasteiger partial charge in [-0.1, -0.05) is 31.0 Å². The third-order valence-corrected chi connectivity index (χ3v) is 5.49. The Morgan fingerprint density at radius 2 is 2.05 bits per heavy atom. The van der Waals surface area contributed by atoms with Gasteiger partial charge < -0.3 is 10.3 Å². The monoisotopic (exact) mass is 316 g/mol.